The standard InChI is InChI=1S/C17H19N/c1-11-3-7-16-15-8-6-14(18)10-13(15)5-4-12(2)17(16)9-11/h3,6-10,12H,4-5,18H2,1-2H3. The number of hydrogen-bond donors (Lipinski definition) is 1. The summed E-state index contributed by atoms with van der Waals surface area (Å²) in [4.78, 5) is 0. The lowest BCUT2D eigenvalue weighted by Crippen LogP contribution is -1.94. The lowest BCUT2D eigenvalue weighted by molar-refractivity contribution is 0.689. The number of nitrogens with two attached hydrogens (primary N) is 1. The Hall–Kier alpha value is -1.76. The second kappa shape index (κ2) is 4.16. The molecule has 2 N–H and O–H groups in total. The maximum atomic E-state index is 5.91. The van der Waals surface area contributed by atoms with Gasteiger partial charge < -0.3 is 5.73 Å². The van der Waals surface area contributed by atoms with E-state index in [-0.39, 0.29) is 0 Å². The zero-order valence-electron chi connectivity index (χ0n) is 11.0. The fourth-order valence-electron chi connectivity index (χ4n) is 2.95. The van der Waals surface area contributed by atoms with Crippen LogP contribution in [0.15, 0.2) is 36.4 Å². The van der Waals surface area contributed by atoms with Crippen LogP contribution in [-0.2, 0) is 6.42 Å². The first-order chi connectivity index (χ1) is 8.65. The molecule has 18 heavy (non-hydrogen) atoms. The van der Waals surface area contributed by atoms with E-state index in [1.807, 2.05) is 6.07 Å². The van der Waals surface area contributed by atoms with E-state index in [1.54, 1.807) is 0 Å². The van der Waals surface area contributed by atoms with Gasteiger partial charge in [-0.3, -0.25) is 0 Å². The van der Waals surface area contributed by atoms with Crippen molar-refractivity contribution in [3.05, 3.63) is 53.1 Å². The van der Waals surface area contributed by atoms with Crippen LogP contribution in [0.1, 0.15) is 36.0 Å². The summed E-state index contributed by atoms with van der Waals surface area (Å²) in [5, 5.41) is 0. The van der Waals surface area contributed by atoms with Crippen molar-refractivity contribution in [1.29, 1.82) is 0 Å². The smallest absolute Gasteiger partial charge is 0.0317 e. The van der Waals surface area contributed by atoms with E-state index in [0.29, 0.717) is 5.92 Å². The summed E-state index contributed by atoms with van der Waals surface area (Å²) < 4.78 is 0. The molecule has 0 aromatic heterocycles. The van der Waals surface area contributed by atoms with Gasteiger partial charge in [0.1, 0.15) is 0 Å². The van der Waals surface area contributed by atoms with Crippen LogP contribution in [-0.4, -0.2) is 0 Å². The van der Waals surface area contributed by atoms with Crippen LogP contribution >= 0.6 is 0 Å². The highest BCUT2D eigenvalue weighted by molar-refractivity contribution is 5.74. The molecule has 0 saturated heterocycles. The molecule has 1 unspecified atom stereocenters. The highest BCUT2D eigenvalue weighted by Crippen LogP contribution is 2.38. The van der Waals surface area contributed by atoms with E-state index < -0.39 is 0 Å². The van der Waals surface area contributed by atoms with Gasteiger partial charge in [-0.2, -0.15) is 0 Å². The van der Waals surface area contributed by atoms with Gasteiger partial charge in [0.05, 0.1) is 0 Å². The minimum atomic E-state index is 0.619. The maximum Gasteiger partial charge on any atom is 0.0317 e. The zero-order chi connectivity index (χ0) is 12.7. The van der Waals surface area contributed by atoms with Gasteiger partial charge >= 0.3 is 0 Å². The van der Waals surface area contributed by atoms with Gasteiger partial charge in [-0.05, 0) is 60.1 Å². The van der Waals surface area contributed by atoms with Gasteiger partial charge in [0.15, 0.2) is 0 Å². The first-order valence-electron chi connectivity index (χ1n) is 6.64. The number of fused-ring (bicyclic) bond motifs is 3. The molecule has 0 bridgehead atoms. The van der Waals surface area contributed by atoms with Gasteiger partial charge in [0.2, 0.25) is 0 Å². The van der Waals surface area contributed by atoms with Crippen molar-refractivity contribution in [2.45, 2.75) is 32.6 Å². The molecular weight excluding hydrogens is 218 g/mol. The molecule has 0 heterocycles. The summed E-state index contributed by atoms with van der Waals surface area (Å²) in [6.45, 7) is 4.50. The van der Waals surface area contributed by atoms with Crippen molar-refractivity contribution in [2.75, 3.05) is 5.73 Å². The Morgan fingerprint density at radius 2 is 1.83 bits per heavy atom. The number of benzene rings is 2. The minimum absolute atomic E-state index is 0.619. The highest BCUT2D eigenvalue weighted by atomic mass is 14.5. The molecule has 92 valence electrons. The fraction of sp³-hybridized carbons (Fsp3) is 0.294. The summed E-state index contributed by atoms with van der Waals surface area (Å²) in [5.41, 5.74) is 13.8. The van der Waals surface area contributed by atoms with Crippen molar-refractivity contribution < 1.29 is 0 Å². The molecule has 1 atom stereocenters. The topological polar surface area (TPSA) is 26.0 Å². The molecule has 0 radical (unpaired) electrons. The zero-order valence-corrected chi connectivity index (χ0v) is 11.0. The predicted molar refractivity (Wildman–Crippen MR) is 77.8 cm³/mol. The Labute approximate surface area is 109 Å². The molecule has 0 fully saturated rings. The monoisotopic (exact) mass is 237 g/mol. The molecule has 2 aromatic rings. The lowest BCUT2D eigenvalue weighted by Gasteiger charge is -2.14. The van der Waals surface area contributed by atoms with Gasteiger partial charge in [0.25, 0.3) is 0 Å². The van der Waals surface area contributed by atoms with Gasteiger partial charge in [0, 0.05) is 5.69 Å². The van der Waals surface area contributed by atoms with E-state index in [0.717, 1.165) is 12.1 Å². The molecule has 1 aliphatic rings. The molecule has 0 saturated carbocycles. The Bertz CT molecular complexity index is 599. The number of aryl methyl sites for hydroxylation is 2. The summed E-state index contributed by atoms with van der Waals surface area (Å²) >= 11 is 0. The predicted octanol–water partition coefficient (Wildman–Crippen LogP) is 4.29. The van der Waals surface area contributed by atoms with Crippen LogP contribution in [0, 0.1) is 6.92 Å². The van der Waals surface area contributed by atoms with Gasteiger partial charge in [-0.1, -0.05) is 36.8 Å². The van der Waals surface area contributed by atoms with Crippen LogP contribution < -0.4 is 5.73 Å². The van der Waals surface area contributed by atoms with Crippen molar-refractivity contribution in [2.24, 2.45) is 0 Å². The summed E-state index contributed by atoms with van der Waals surface area (Å²) in [6, 6.07) is 13.1. The molecule has 3 rings (SSSR count). The van der Waals surface area contributed by atoms with E-state index in [4.69, 9.17) is 5.73 Å². The van der Waals surface area contributed by atoms with Crippen LogP contribution in [0.3, 0.4) is 0 Å². The van der Waals surface area contributed by atoms with E-state index in [2.05, 4.69) is 44.2 Å². The largest absolute Gasteiger partial charge is 0.399 e. The number of rotatable bonds is 0. The number of nitrogen functional groups attached to an aromatic ring is 1. The van der Waals surface area contributed by atoms with E-state index in [9.17, 15) is 0 Å². The first-order valence-corrected chi connectivity index (χ1v) is 6.64. The summed E-state index contributed by atoms with van der Waals surface area (Å²) in [5.74, 6) is 0.619. The van der Waals surface area contributed by atoms with Gasteiger partial charge in [-0.15, -0.1) is 0 Å². The lowest BCUT2D eigenvalue weighted by atomic mass is 9.91. The molecule has 0 amide bonds. The van der Waals surface area contributed by atoms with Crippen LogP contribution in [0.25, 0.3) is 11.1 Å². The Balaban J connectivity index is 2.26. The minimum Gasteiger partial charge on any atom is -0.399 e. The second-order valence-corrected chi connectivity index (χ2v) is 5.45. The summed E-state index contributed by atoms with van der Waals surface area (Å²) in [6.07, 6.45) is 2.32. The third-order valence-electron chi connectivity index (χ3n) is 4.00. The van der Waals surface area contributed by atoms with Crippen LogP contribution in [0.4, 0.5) is 5.69 Å². The average Bonchev–Trinajstić information content (AvgIpc) is 2.48. The van der Waals surface area contributed by atoms with Gasteiger partial charge in [-0.25, -0.2) is 0 Å². The van der Waals surface area contributed by atoms with E-state index >= 15 is 0 Å². The van der Waals surface area contributed by atoms with Crippen molar-refractivity contribution >= 4 is 5.69 Å². The van der Waals surface area contributed by atoms with Crippen LogP contribution in [0.5, 0.6) is 0 Å². The third-order valence-corrected chi connectivity index (χ3v) is 4.00. The Morgan fingerprint density at radius 1 is 1.06 bits per heavy atom. The van der Waals surface area contributed by atoms with Crippen LogP contribution in [0.2, 0.25) is 0 Å². The van der Waals surface area contributed by atoms with Crippen molar-refractivity contribution in [1.82, 2.24) is 0 Å². The average molecular weight is 237 g/mol. The molecule has 2 aromatic carbocycles. The Morgan fingerprint density at radius 3 is 2.67 bits per heavy atom. The Kier molecular flexibility index (Phi) is 2.62. The second-order valence-electron chi connectivity index (χ2n) is 5.45. The molecule has 1 heteroatoms. The number of hydrogen-bond acceptors (Lipinski definition) is 1. The summed E-state index contributed by atoms with van der Waals surface area (Å²) in [7, 11) is 0. The normalized spacial score (nSPS) is 17.8. The molecule has 1 aliphatic carbocycles. The van der Waals surface area contributed by atoms with Crippen molar-refractivity contribution in [3.63, 3.8) is 0 Å². The fourth-order valence-corrected chi connectivity index (χ4v) is 2.95. The maximum absolute atomic E-state index is 5.91. The quantitative estimate of drug-likeness (QED) is 0.679. The highest BCUT2D eigenvalue weighted by Gasteiger charge is 2.19. The molecule has 0 aliphatic heterocycles. The molecule has 0 spiro atoms. The number of anilines is 1. The molecular formula is C17H19N. The first kappa shape index (κ1) is 11.3. The van der Waals surface area contributed by atoms with Crippen molar-refractivity contribution in [3.8, 4) is 11.1 Å². The van der Waals surface area contributed by atoms with E-state index in [1.165, 1.54) is 34.2 Å². The third kappa shape index (κ3) is 1.80. The molecule has 1 nitrogen and oxygen atoms in total. The SMILES string of the molecule is Cc1ccc2c(c1)C(C)CCc1cc(N)ccc1-2.